The molecule has 0 heterocycles. The van der Waals surface area contributed by atoms with E-state index in [1.54, 1.807) is 37.3 Å². The number of ether oxygens (including phenoxy) is 1. The molecule has 0 fully saturated rings. The quantitative estimate of drug-likeness (QED) is 0.785. The van der Waals surface area contributed by atoms with E-state index < -0.39 is 24.1 Å². The first-order chi connectivity index (χ1) is 9.88. The maximum Gasteiger partial charge on any atom is 0.338 e. The first kappa shape index (κ1) is 17.4. The Morgan fingerprint density at radius 2 is 1.71 bits per heavy atom. The molecule has 4 heteroatoms. The molecule has 0 aliphatic heterocycles. The maximum absolute atomic E-state index is 12.3. The Labute approximate surface area is 126 Å². The number of esters is 1. The van der Waals surface area contributed by atoms with E-state index in [4.69, 9.17) is 4.74 Å². The summed E-state index contributed by atoms with van der Waals surface area (Å²) in [5.41, 5.74) is 0.412. The standard InChI is InChI=1S/C17H24O4/c1-5-14(15(18)11(2)3)16(19)12(4)21-17(20)13-9-7-6-8-10-13/h6-12,14-15,18H,5H2,1-4H3/t12-,14+,15+/m1/s1. The highest BCUT2D eigenvalue weighted by atomic mass is 16.5. The van der Waals surface area contributed by atoms with Crippen LogP contribution in [0.25, 0.3) is 0 Å². The Bertz CT molecular complexity index is 467. The average molecular weight is 292 g/mol. The van der Waals surface area contributed by atoms with Crippen molar-refractivity contribution in [3.8, 4) is 0 Å². The normalized spacial score (nSPS) is 15.3. The zero-order valence-electron chi connectivity index (χ0n) is 13.1. The first-order valence-electron chi connectivity index (χ1n) is 7.36. The second kappa shape index (κ2) is 7.93. The van der Waals surface area contributed by atoms with Crippen LogP contribution in [0.1, 0.15) is 44.5 Å². The molecule has 0 amide bonds. The number of hydrogen-bond acceptors (Lipinski definition) is 4. The molecule has 1 N–H and O–H groups in total. The summed E-state index contributed by atoms with van der Waals surface area (Å²) in [5.74, 6) is -1.28. The fraction of sp³-hybridized carbons (Fsp3) is 0.529. The molecule has 0 radical (unpaired) electrons. The molecule has 0 aromatic heterocycles. The van der Waals surface area contributed by atoms with E-state index >= 15 is 0 Å². The van der Waals surface area contributed by atoms with E-state index in [9.17, 15) is 14.7 Å². The predicted octanol–water partition coefficient (Wildman–Crippen LogP) is 2.84. The number of Topliss-reactive ketones (excluding diaryl/α,β-unsaturated/α-hetero) is 1. The number of carbonyl (C=O) groups is 2. The summed E-state index contributed by atoms with van der Waals surface area (Å²) in [6.45, 7) is 7.13. The van der Waals surface area contributed by atoms with Gasteiger partial charge >= 0.3 is 5.97 Å². The van der Waals surface area contributed by atoms with Gasteiger partial charge in [-0.15, -0.1) is 0 Å². The molecule has 21 heavy (non-hydrogen) atoms. The number of carbonyl (C=O) groups excluding carboxylic acids is 2. The summed E-state index contributed by atoms with van der Waals surface area (Å²) < 4.78 is 5.21. The van der Waals surface area contributed by atoms with Crippen molar-refractivity contribution in [2.75, 3.05) is 0 Å². The van der Waals surface area contributed by atoms with Gasteiger partial charge in [-0.25, -0.2) is 4.79 Å². The fourth-order valence-corrected chi connectivity index (χ4v) is 2.24. The van der Waals surface area contributed by atoms with Gasteiger partial charge in [-0.3, -0.25) is 4.79 Å². The van der Waals surface area contributed by atoms with Crippen LogP contribution < -0.4 is 0 Å². The lowest BCUT2D eigenvalue weighted by atomic mass is 9.86. The molecule has 0 spiro atoms. The van der Waals surface area contributed by atoms with Gasteiger partial charge in [-0.1, -0.05) is 39.0 Å². The molecule has 3 atom stereocenters. The Hall–Kier alpha value is -1.68. The molecule has 0 aliphatic carbocycles. The molecule has 0 bridgehead atoms. The Morgan fingerprint density at radius 3 is 2.19 bits per heavy atom. The number of aliphatic hydroxyl groups excluding tert-OH is 1. The highest BCUT2D eigenvalue weighted by molar-refractivity contribution is 5.93. The predicted molar refractivity (Wildman–Crippen MR) is 81.0 cm³/mol. The van der Waals surface area contributed by atoms with Gasteiger partial charge in [0.1, 0.15) is 0 Å². The van der Waals surface area contributed by atoms with Crippen LogP contribution in [0.3, 0.4) is 0 Å². The fourth-order valence-electron chi connectivity index (χ4n) is 2.24. The third kappa shape index (κ3) is 4.67. The van der Waals surface area contributed by atoms with Crippen LogP contribution in [0, 0.1) is 11.8 Å². The first-order valence-corrected chi connectivity index (χ1v) is 7.36. The van der Waals surface area contributed by atoms with Crippen molar-refractivity contribution in [2.45, 2.75) is 46.3 Å². The molecule has 0 aliphatic rings. The van der Waals surface area contributed by atoms with Crippen LogP contribution >= 0.6 is 0 Å². The molecule has 1 rings (SSSR count). The molecule has 0 saturated carbocycles. The topological polar surface area (TPSA) is 63.6 Å². The number of benzene rings is 1. The van der Waals surface area contributed by atoms with Gasteiger partial charge in [0.15, 0.2) is 11.9 Å². The van der Waals surface area contributed by atoms with Crippen LogP contribution in [0.4, 0.5) is 0 Å². The largest absolute Gasteiger partial charge is 0.451 e. The van der Waals surface area contributed by atoms with E-state index in [2.05, 4.69) is 0 Å². The van der Waals surface area contributed by atoms with Crippen LogP contribution in [0.2, 0.25) is 0 Å². The molecule has 0 unspecified atom stereocenters. The summed E-state index contributed by atoms with van der Waals surface area (Å²) in [6, 6.07) is 8.55. The average Bonchev–Trinajstić information content (AvgIpc) is 2.48. The van der Waals surface area contributed by atoms with Crippen molar-refractivity contribution >= 4 is 11.8 Å². The number of ketones is 1. The SMILES string of the molecule is CC[C@H](C(=O)[C@@H](C)OC(=O)c1ccccc1)[C@@H](O)C(C)C. The van der Waals surface area contributed by atoms with Crippen molar-refractivity contribution < 1.29 is 19.4 Å². The summed E-state index contributed by atoms with van der Waals surface area (Å²) in [7, 11) is 0. The van der Waals surface area contributed by atoms with Gasteiger partial charge in [0, 0.05) is 5.92 Å². The third-order valence-corrected chi connectivity index (χ3v) is 3.59. The van der Waals surface area contributed by atoms with Crippen LogP contribution in [0.5, 0.6) is 0 Å². The Balaban J connectivity index is 2.71. The summed E-state index contributed by atoms with van der Waals surface area (Å²) in [6.07, 6.45) is -1.07. The highest BCUT2D eigenvalue weighted by Gasteiger charge is 2.32. The Morgan fingerprint density at radius 1 is 1.14 bits per heavy atom. The van der Waals surface area contributed by atoms with E-state index in [0.717, 1.165) is 0 Å². The second-order valence-electron chi connectivity index (χ2n) is 5.57. The molecule has 116 valence electrons. The van der Waals surface area contributed by atoms with Crippen LogP contribution in [0.15, 0.2) is 30.3 Å². The minimum Gasteiger partial charge on any atom is -0.451 e. The summed E-state index contributed by atoms with van der Waals surface area (Å²) in [5, 5.41) is 10.1. The van der Waals surface area contributed by atoms with E-state index in [1.165, 1.54) is 0 Å². The van der Waals surface area contributed by atoms with E-state index in [-0.39, 0.29) is 11.7 Å². The molecule has 0 saturated heterocycles. The third-order valence-electron chi connectivity index (χ3n) is 3.59. The van der Waals surface area contributed by atoms with Gasteiger partial charge in [-0.2, -0.15) is 0 Å². The highest BCUT2D eigenvalue weighted by Crippen LogP contribution is 2.20. The second-order valence-corrected chi connectivity index (χ2v) is 5.57. The van der Waals surface area contributed by atoms with Crippen LogP contribution in [-0.2, 0) is 9.53 Å². The van der Waals surface area contributed by atoms with Crippen molar-refractivity contribution in [3.05, 3.63) is 35.9 Å². The van der Waals surface area contributed by atoms with Crippen molar-refractivity contribution in [3.63, 3.8) is 0 Å². The number of hydrogen-bond donors (Lipinski definition) is 1. The molecule has 1 aromatic carbocycles. The van der Waals surface area contributed by atoms with E-state index in [1.807, 2.05) is 20.8 Å². The van der Waals surface area contributed by atoms with Gasteiger partial charge < -0.3 is 9.84 Å². The van der Waals surface area contributed by atoms with Gasteiger partial charge in [0.25, 0.3) is 0 Å². The lowest BCUT2D eigenvalue weighted by Gasteiger charge is -2.25. The monoisotopic (exact) mass is 292 g/mol. The molecular formula is C17H24O4. The lowest BCUT2D eigenvalue weighted by Crippen LogP contribution is -2.38. The van der Waals surface area contributed by atoms with Gasteiger partial charge in [-0.05, 0) is 31.4 Å². The van der Waals surface area contributed by atoms with Crippen molar-refractivity contribution in [1.82, 2.24) is 0 Å². The number of aliphatic hydroxyl groups is 1. The number of rotatable bonds is 7. The van der Waals surface area contributed by atoms with Gasteiger partial charge in [0.2, 0.25) is 0 Å². The van der Waals surface area contributed by atoms with Crippen LogP contribution in [-0.4, -0.2) is 29.1 Å². The smallest absolute Gasteiger partial charge is 0.338 e. The summed E-state index contributed by atoms with van der Waals surface area (Å²) >= 11 is 0. The molecule has 4 nitrogen and oxygen atoms in total. The minimum atomic E-state index is -0.865. The summed E-state index contributed by atoms with van der Waals surface area (Å²) in [4.78, 5) is 24.3. The minimum absolute atomic E-state index is 0.0177. The zero-order chi connectivity index (χ0) is 16.0. The van der Waals surface area contributed by atoms with E-state index in [0.29, 0.717) is 12.0 Å². The molecule has 1 aromatic rings. The van der Waals surface area contributed by atoms with Crippen molar-refractivity contribution in [2.24, 2.45) is 11.8 Å². The van der Waals surface area contributed by atoms with Crippen molar-refractivity contribution in [1.29, 1.82) is 0 Å². The zero-order valence-corrected chi connectivity index (χ0v) is 13.1. The Kier molecular flexibility index (Phi) is 6.56. The maximum atomic E-state index is 12.3. The lowest BCUT2D eigenvalue weighted by molar-refractivity contribution is -0.135. The molecular weight excluding hydrogens is 268 g/mol. The van der Waals surface area contributed by atoms with Gasteiger partial charge in [0.05, 0.1) is 11.7 Å².